The molecule has 0 unspecified atom stereocenters. The highest BCUT2D eigenvalue weighted by molar-refractivity contribution is 7.15. The number of nitrogens with zero attached hydrogens (tertiary/aromatic N) is 3. The first-order chi connectivity index (χ1) is 13.1. The zero-order valence-corrected chi connectivity index (χ0v) is 15.6. The number of hydrogen-bond acceptors (Lipinski definition) is 4. The summed E-state index contributed by atoms with van der Waals surface area (Å²) < 4.78 is 15.5. The fourth-order valence-corrected chi connectivity index (χ4v) is 4.03. The number of rotatable bonds is 5. The Hall–Kier alpha value is -2.83. The van der Waals surface area contributed by atoms with Gasteiger partial charge in [-0.25, -0.2) is 9.37 Å². The second-order valence-corrected chi connectivity index (χ2v) is 7.29. The number of fused-ring (bicyclic) bond motifs is 1. The van der Waals surface area contributed by atoms with Gasteiger partial charge in [0.2, 0.25) is 0 Å². The average Bonchev–Trinajstić information content (AvgIpc) is 3.09. The third-order valence-corrected chi connectivity index (χ3v) is 5.18. The lowest BCUT2D eigenvalue weighted by atomic mass is 10.2. The molecule has 4 nitrogen and oxygen atoms in total. The molecule has 0 saturated carbocycles. The van der Waals surface area contributed by atoms with Crippen molar-refractivity contribution in [2.75, 3.05) is 7.05 Å². The van der Waals surface area contributed by atoms with Gasteiger partial charge >= 0.3 is 0 Å². The Balaban J connectivity index is 1.61. The number of benzene rings is 2. The molecule has 0 amide bonds. The van der Waals surface area contributed by atoms with E-state index in [4.69, 9.17) is 0 Å². The third-order valence-electron chi connectivity index (χ3n) is 4.36. The molecule has 136 valence electrons. The predicted molar refractivity (Wildman–Crippen MR) is 106 cm³/mol. The molecule has 0 N–H and O–H groups in total. The first-order valence-electron chi connectivity index (χ1n) is 8.59. The van der Waals surface area contributed by atoms with Gasteiger partial charge in [-0.3, -0.25) is 14.1 Å². The molecule has 0 bridgehead atoms. The molecule has 0 atom stereocenters. The van der Waals surface area contributed by atoms with Crippen molar-refractivity contribution < 1.29 is 4.39 Å². The molecule has 4 aromatic rings. The minimum absolute atomic E-state index is 0.102. The van der Waals surface area contributed by atoms with E-state index in [0.717, 1.165) is 11.3 Å². The van der Waals surface area contributed by atoms with Crippen LogP contribution in [0.1, 0.15) is 11.3 Å². The standard InChI is InChI=1S/C21H18FN3OS/c1-24(12-16-9-5-6-10-18(16)22)13-17-11-20(26)25-19(14-27-21(25)23-17)15-7-3-2-4-8-15/h2-11,14H,12-13H2,1H3. The summed E-state index contributed by atoms with van der Waals surface area (Å²) in [5.74, 6) is -0.224. The summed E-state index contributed by atoms with van der Waals surface area (Å²) in [6.07, 6.45) is 0. The van der Waals surface area contributed by atoms with E-state index in [9.17, 15) is 9.18 Å². The van der Waals surface area contributed by atoms with E-state index in [1.165, 1.54) is 17.4 Å². The summed E-state index contributed by atoms with van der Waals surface area (Å²) in [6, 6.07) is 18.1. The van der Waals surface area contributed by atoms with Gasteiger partial charge in [0.25, 0.3) is 5.56 Å². The molecule has 2 aromatic carbocycles. The molecule has 0 saturated heterocycles. The number of hydrogen-bond donors (Lipinski definition) is 0. The second kappa shape index (κ2) is 7.42. The van der Waals surface area contributed by atoms with Crippen LogP contribution in [-0.4, -0.2) is 21.3 Å². The van der Waals surface area contributed by atoms with Crippen molar-refractivity contribution in [1.29, 1.82) is 0 Å². The van der Waals surface area contributed by atoms with E-state index in [2.05, 4.69) is 4.98 Å². The van der Waals surface area contributed by atoms with Gasteiger partial charge in [-0.05, 0) is 18.7 Å². The van der Waals surface area contributed by atoms with Crippen molar-refractivity contribution in [3.05, 3.63) is 93.5 Å². The number of thiazole rings is 1. The fraction of sp³-hybridized carbons (Fsp3) is 0.143. The van der Waals surface area contributed by atoms with Crippen LogP contribution in [0.25, 0.3) is 16.2 Å². The SMILES string of the molecule is CN(Cc1cc(=O)n2c(-c3ccccc3)csc2n1)Cc1ccccc1F. The van der Waals surface area contributed by atoms with Crippen molar-refractivity contribution in [3.8, 4) is 11.3 Å². The van der Waals surface area contributed by atoms with Crippen molar-refractivity contribution in [2.24, 2.45) is 0 Å². The monoisotopic (exact) mass is 379 g/mol. The van der Waals surface area contributed by atoms with Crippen LogP contribution in [0.4, 0.5) is 4.39 Å². The van der Waals surface area contributed by atoms with Gasteiger partial charge in [-0.15, -0.1) is 11.3 Å². The summed E-state index contributed by atoms with van der Waals surface area (Å²) in [5.41, 5.74) is 3.03. The molecule has 0 radical (unpaired) electrons. The van der Waals surface area contributed by atoms with Gasteiger partial charge in [0.05, 0.1) is 11.4 Å². The fourth-order valence-electron chi connectivity index (χ4n) is 3.11. The highest BCUT2D eigenvalue weighted by atomic mass is 32.1. The summed E-state index contributed by atoms with van der Waals surface area (Å²) in [4.78, 5) is 19.9. The van der Waals surface area contributed by atoms with Gasteiger partial charge in [0.15, 0.2) is 4.96 Å². The molecule has 2 aromatic heterocycles. The molecule has 0 fully saturated rings. The molecule has 0 aliphatic carbocycles. The van der Waals surface area contributed by atoms with Gasteiger partial charge < -0.3 is 0 Å². The minimum Gasteiger partial charge on any atom is -0.296 e. The quantitative estimate of drug-likeness (QED) is 0.522. The lowest BCUT2D eigenvalue weighted by Gasteiger charge is -2.16. The van der Waals surface area contributed by atoms with Crippen LogP contribution in [0, 0.1) is 5.82 Å². The van der Waals surface area contributed by atoms with Gasteiger partial charge in [0.1, 0.15) is 5.82 Å². The maximum absolute atomic E-state index is 13.8. The van der Waals surface area contributed by atoms with Crippen LogP contribution < -0.4 is 5.56 Å². The van der Waals surface area contributed by atoms with Crippen LogP contribution in [0.15, 0.2) is 70.8 Å². The summed E-state index contributed by atoms with van der Waals surface area (Å²) in [5, 5.41) is 1.95. The van der Waals surface area contributed by atoms with Crippen LogP contribution in [0.5, 0.6) is 0 Å². The third kappa shape index (κ3) is 3.67. The topological polar surface area (TPSA) is 37.6 Å². The first kappa shape index (κ1) is 17.6. The molecular formula is C21H18FN3OS. The Labute approximate surface area is 160 Å². The highest BCUT2D eigenvalue weighted by Crippen LogP contribution is 2.23. The smallest absolute Gasteiger partial charge is 0.259 e. The van der Waals surface area contributed by atoms with Crippen molar-refractivity contribution >= 4 is 16.3 Å². The number of aromatic nitrogens is 2. The lowest BCUT2D eigenvalue weighted by Crippen LogP contribution is -2.22. The van der Waals surface area contributed by atoms with Crippen LogP contribution in [0.2, 0.25) is 0 Å². The van der Waals surface area contributed by atoms with E-state index in [1.807, 2.05) is 53.7 Å². The minimum atomic E-state index is -0.224. The van der Waals surface area contributed by atoms with Crippen molar-refractivity contribution in [3.63, 3.8) is 0 Å². The Morgan fingerprint density at radius 2 is 1.81 bits per heavy atom. The molecule has 4 rings (SSSR count). The largest absolute Gasteiger partial charge is 0.296 e. The molecule has 0 aliphatic rings. The molecule has 0 aliphatic heterocycles. The van der Waals surface area contributed by atoms with Crippen LogP contribution >= 0.6 is 11.3 Å². The number of halogens is 1. The highest BCUT2D eigenvalue weighted by Gasteiger charge is 2.12. The van der Waals surface area contributed by atoms with E-state index in [0.29, 0.717) is 29.3 Å². The maximum Gasteiger partial charge on any atom is 0.259 e. The van der Waals surface area contributed by atoms with Gasteiger partial charge in [-0.2, -0.15) is 0 Å². The average molecular weight is 379 g/mol. The van der Waals surface area contributed by atoms with E-state index >= 15 is 0 Å². The second-order valence-electron chi connectivity index (χ2n) is 6.45. The van der Waals surface area contributed by atoms with E-state index in [1.54, 1.807) is 22.6 Å². The molecule has 6 heteroatoms. The van der Waals surface area contributed by atoms with E-state index in [-0.39, 0.29) is 11.4 Å². The van der Waals surface area contributed by atoms with Crippen molar-refractivity contribution in [2.45, 2.75) is 13.1 Å². The van der Waals surface area contributed by atoms with Crippen molar-refractivity contribution in [1.82, 2.24) is 14.3 Å². The van der Waals surface area contributed by atoms with Gasteiger partial charge in [-0.1, -0.05) is 48.5 Å². The normalized spacial score (nSPS) is 11.4. The van der Waals surface area contributed by atoms with Gasteiger partial charge in [0, 0.05) is 30.1 Å². The summed E-state index contributed by atoms with van der Waals surface area (Å²) >= 11 is 1.44. The van der Waals surface area contributed by atoms with Crippen LogP contribution in [0.3, 0.4) is 0 Å². The summed E-state index contributed by atoms with van der Waals surface area (Å²) in [7, 11) is 1.89. The maximum atomic E-state index is 13.8. The Bertz CT molecular complexity index is 1140. The Morgan fingerprint density at radius 1 is 1.07 bits per heavy atom. The summed E-state index contributed by atoms with van der Waals surface area (Å²) in [6.45, 7) is 0.923. The van der Waals surface area contributed by atoms with Crippen LogP contribution in [-0.2, 0) is 13.1 Å². The lowest BCUT2D eigenvalue weighted by molar-refractivity contribution is 0.310. The molecule has 0 spiro atoms. The Morgan fingerprint density at radius 3 is 2.59 bits per heavy atom. The molecular weight excluding hydrogens is 361 g/mol. The zero-order chi connectivity index (χ0) is 18.8. The van der Waals surface area contributed by atoms with E-state index < -0.39 is 0 Å². The first-order valence-corrected chi connectivity index (χ1v) is 9.47. The predicted octanol–water partition coefficient (Wildman–Crippen LogP) is 4.19. The zero-order valence-electron chi connectivity index (χ0n) is 14.8. The molecule has 27 heavy (non-hydrogen) atoms. The Kier molecular flexibility index (Phi) is 4.83. The molecule has 2 heterocycles.